The summed E-state index contributed by atoms with van der Waals surface area (Å²) in [6, 6.07) is 0. The van der Waals surface area contributed by atoms with Crippen LogP contribution in [-0.2, 0) is 4.74 Å². The number of aliphatic hydroxyl groups excluding tert-OH is 4. The number of ether oxygens (including phenoxy) is 1. The SMILES string of the molecule is OCC[C@H]1OC(O)[C@H](O)[C@H]1O. The van der Waals surface area contributed by atoms with E-state index in [1.54, 1.807) is 0 Å². The Morgan fingerprint density at radius 2 is 1.73 bits per heavy atom. The summed E-state index contributed by atoms with van der Waals surface area (Å²) in [4.78, 5) is 0. The molecule has 0 saturated carbocycles. The first-order chi connectivity index (χ1) is 5.16. The lowest BCUT2D eigenvalue weighted by molar-refractivity contribution is -0.129. The van der Waals surface area contributed by atoms with Gasteiger partial charge in [-0.25, -0.2) is 0 Å². The van der Waals surface area contributed by atoms with Gasteiger partial charge < -0.3 is 25.2 Å². The average Bonchev–Trinajstić information content (AvgIpc) is 2.19. The molecule has 0 amide bonds. The Morgan fingerprint density at radius 1 is 1.09 bits per heavy atom. The average molecular weight is 164 g/mol. The minimum atomic E-state index is -1.33. The van der Waals surface area contributed by atoms with E-state index < -0.39 is 24.6 Å². The Labute approximate surface area is 63.8 Å². The third-order valence-electron chi connectivity index (χ3n) is 1.75. The van der Waals surface area contributed by atoms with E-state index in [0.717, 1.165) is 0 Å². The Morgan fingerprint density at radius 3 is 2.09 bits per heavy atom. The van der Waals surface area contributed by atoms with Gasteiger partial charge in [0.05, 0.1) is 6.10 Å². The molecule has 0 aromatic carbocycles. The van der Waals surface area contributed by atoms with Crippen LogP contribution in [0.1, 0.15) is 6.42 Å². The molecule has 0 spiro atoms. The van der Waals surface area contributed by atoms with Crippen LogP contribution in [0.3, 0.4) is 0 Å². The summed E-state index contributed by atoms with van der Waals surface area (Å²) in [7, 11) is 0. The fourth-order valence-corrected chi connectivity index (χ4v) is 1.09. The van der Waals surface area contributed by atoms with Crippen molar-refractivity contribution in [2.24, 2.45) is 0 Å². The van der Waals surface area contributed by atoms with E-state index in [4.69, 9.17) is 25.2 Å². The quantitative estimate of drug-likeness (QED) is 0.372. The lowest BCUT2D eigenvalue weighted by atomic mass is 10.1. The first-order valence-electron chi connectivity index (χ1n) is 3.47. The van der Waals surface area contributed by atoms with Crippen molar-refractivity contribution >= 4 is 0 Å². The first-order valence-corrected chi connectivity index (χ1v) is 3.47. The minimum absolute atomic E-state index is 0.138. The molecule has 0 aromatic rings. The van der Waals surface area contributed by atoms with E-state index in [9.17, 15) is 0 Å². The van der Waals surface area contributed by atoms with Gasteiger partial charge in [0.25, 0.3) is 0 Å². The molecule has 0 aliphatic carbocycles. The maximum Gasteiger partial charge on any atom is 0.183 e. The molecule has 0 radical (unpaired) electrons. The second kappa shape index (κ2) is 3.46. The molecule has 5 heteroatoms. The van der Waals surface area contributed by atoms with Crippen molar-refractivity contribution in [3.8, 4) is 0 Å². The third kappa shape index (κ3) is 1.69. The van der Waals surface area contributed by atoms with Crippen LogP contribution in [0.15, 0.2) is 0 Å². The minimum Gasteiger partial charge on any atom is -0.396 e. The van der Waals surface area contributed by atoms with Gasteiger partial charge in [0, 0.05) is 6.61 Å². The van der Waals surface area contributed by atoms with Gasteiger partial charge in [0.1, 0.15) is 12.2 Å². The lowest BCUT2D eigenvalue weighted by Gasteiger charge is -2.11. The van der Waals surface area contributed by atoms with E-state index >= 15 is 0 Å². The van der Waals surface area contributed by atoms with Crippen molar-refractivity contribution in [2.75, 3.05) is 6.61 Å². The summed E-state index contributed by atoms with van der Waals surface area (Å²) < 4.78 is 4.72. The molecule has 0 bridgehead atoms. The van der Waals surface area contributed by atoms with Gasteiger partial charge in [-0.15, -0.1) is 0 Å². The van der Waals surface area contributed by atoms with Crippen molar-refractivity contribution in [3.05, 3.63) is 0 Å². The van der Waals surface area contributed by atoms with E-state index in [1.165, 1.54) is 0 Å². The third-order valence-corrected chi connectivity index (χ3v) is 1.75. The molecule has 11 heavy (non-hydrogen) atoms. The number of aliphatic hydroxyl groups is 4. The van der Waals surface area contributed by atoms with Crippen LogP contribution in [0.2, 0.25) is 0 Å². The standard InChI is InChI=1S/C6H12O5/c7-2-1-3-4(8)5(9)6(10)11-3/h3-10H,1-2H2/t3-,4+,5-,6?/m1/s1. The van der Waals surface area contributed by atoms with Crippen molar-refractivity contribution in [3.63, 3.8) is 0 Å². The molecule has 1 heterocycles. The van der Waals surface area contributed by atoms with Crippen LogP contribution in [-0.4, -0.2) is 51.6 Å². The van der Waals surface area contributed by atoms with E-state index in [0.29, 0.717) is 0 Å². The first kappa shape index (κ1) is 8.89. The fraction of sp³-hybridized carbons (Fsp3) is 1.00. The van der Waals surface area contributed by atoms with Crippen LogP contribution >= 0.6 is 0 Å². The van der Waals surface area contributed by atoms with Crippen LogP contribution < -0.4 is 0 Å². The summed E-state index contributed by atoms with van der Waals surface area (Å²) in [6.45, 7) is -0.138. The molecule has 1 unspecified atom stereocenters. The summed E-state index contributed by atoms with van der Waals surface area (Å²) in [5, 5.41) is 35.4. The van der Waals surface area contributed by atoms with Gasteiger partial charge in [-0.3, -0.25) is 0 Å². The van der Waals surface area contributed by atoms with Crippen LogP contribution in [0, 0.1) is 0 Å². The molecule has 1 fully saturated rings. The lowest BCUT2D eigenvalue weighted by Crippen LogP contribution is -2.32. The Hall–Kier alpha value is -0.200. The van der Waals surface area contributed by atoms with Crippen LogP contribution in [0.4, 0.5) is 0 Å². The van der Waals surface area contributed by atoms with Gasteiger partial charge in [-0.2, -0.15) is 0 Å². The molecule has 66 valence electrons. The number of rotatable bonds is 2. The highest BCUT2D eigenvalue weighted by Crippen LogP contribution is 2.21. The highest BCUT2D eigenvalue weighted by molar-refractivity contribution is 4.85. The second-order valence-corrected chi connectivity index (χ2v) is 2.56. The van der Waals surface area contributed by atoms with Gasteiger partial charge in [-0.1, -0.05) is 0 Å². The zero-order chi connectivity index (χ0) is 8.43. The summed E-state index contributed by atoms with van der Waals surface area (Å²) >= 11 is 0. The van der Waals surface area contributed by atoms with Crippen LogP contribution in [0.5, 0.6) is 0 Å². The van der Waals surface area contributed by atoms with Gasteiger partial charge in [-0.05, 0) is 6.42 Å². The predicted molar refractivity (Wildman–Crippen MR) is 34.6 cm³/mol. The monoisotopic (exact) mass is 164 g/mol. The zero-order valence-corrected chi connectivity index (χ0v) is 5.92. The summed E-state index contributed by atoms with van der Waals surface area (Å²) in [5.41, 5.74) is 0. The number of hydrogen-bond acceptors (Lipinski definition) is 5. The highest BCUT2D eigenvalue weighted by atomic mass is 16.6. The van der Waals surface area contributed by atoms with Crippen molar-refractivity contribution in [2.45, 2.75) is 31.0 Å². The van der Waals surface area contributed by atoms with Gasteiger partial charge in [0.2, 0.25) is 0 Å². The van der Waals surface area contributed by atoms with Crippen molar-refractivity contribution < 1.29 is 25.2 Å². The van der Waals surface area contributed by atoms with Crippen molar-refractivity contribution in [1.29, 1.82) is 0 Å². The van der Waals surface area contributed by atoms with E-state index in [2.05, 4.69) is 0 Å². The normalized spacial score (nSPS) is 44.7. The zero-order valence-electron chi connectivity index (χ0n) is 5.92. The van der Waals surface area contributed by atoms with Gasteiger partial charge in [0.15, 0.2) is 6.29 Å². The molecule has 4 N–H and O–H groups in total. The maximum atomic E-state index is 9.11. The Bertz CT molecular complexity index is 128. The maximum absolute atomic E-state index is 9.11. The molecule has 0 aromatic heterocycles. The molecule has 1 aliphatic rings. The predicted octanol–water partition coefficient (Wildman–Crippen LogP) is -2.19. The summed E-state index contributed by atoms with van der Waals surface area (Å²) in [6.07, 6.45) is -4.13. The molecule has 5 nitrogen and oxygen atoms in total. The highest BCUT2D eigenvalue weighted by Gasteiger charge is 2.40. The molecular weight excluding hydrogens is 152 g/mol. The molecule has 1 rings (SSSR count). The van der Waals surface area contributed by atoms with E-state index in [-0.39, 0.29) is 13.0 Å². The van der Waals surface area contributed by atoms with E-state index in [1.807, 2.05) is 0 Å². The Kier molecular flexibility index (Phi) is 2.80. The largest absolute Gasteiger partial charge is 0.396 e. The Balaban J connectivity index is 2.45. The summed E-state index contributed by atoms with van der Waals surface area (Å²) in [5.74, 6) is 0. The molecule has 1 aliphatic heterocycles. The fourth-order valence-electron chi connectivity index (χ4n) is 1.09. The molecule has 4 atom stereocenters. The smallest absolute Gasteiger partial charge is 0.183 e. The van der Waals surface area contributed by atoms with Gasteiger partial charge >= 0.3 is 0 Å². The van der Waals surface area contributed by atoms with Crippen molar-refractivity contribution in [1.82, 2.24) is 0 Å². The molecule has 1 saturated heterocycles. The second-order valence-electron chi connectivity index (χ2n) is 2.56. The van der Waals surface area contributed by atoms with Crippen LogP contribution in [0.25, 0.3) is 0 Å². The number of hydrogen-bond donors (Lipinski definition) is 4. The topological polar surface area (TPSA) is 90.2 Å². The molecular formula is C6H12O5.